The predicted molar refractivity (Wildman–Crippen MR) is 127 cm³/mol. The van der Waals surface area contributed by atoms with E-state index in [-0.39, 0.29) is 0 Å². The summed E-state index contributed by atoms with van der Waals surface area (Å²) in [5.41, 5.74) is 6.50. The van der Waals surface area contributed by atoms with Crippen LogP contribution in [0.4, 0.5) is 0 Å². The number of para-hydroxylation sites is 1. The summed E-state index contributed by atoms with van der Waals surface area (Å²) in [7, 11) is 0. The molecule has 0 saturated carbocycles. The first kappa shape index (κ1) is 18.6. The minimum absolute atomic E-state index is 0.833. The minimum atomic E-state index is 0.833. The molecule has 1 aromatic heterocycles. The number of halogens is 1. The Hall–Kier alpha value is -2.43. The highest BCUT2D eigenvalue weighted by atomic mass is 79.9. The van der Waals surface area contributed by atoms with Crippen molar-refractivity contribution in [3.8, 4) is 0 Å². The number of rotatable bonds is 3. The molecule has 0 aliphatic carbocycles. The van der Waals surface area contributed by atoms with Gasteiger partial charge in [0, 0.05) is 46.8 Å². The van der Waals surface area contributed by atoms with Crippen LogP contribution in [-0.4, -0.2) is 21.0 Å². The van der Waals surface area contributed by atoms with E-state index in [4.69, 9.17) is 12.2 Å². The van der Waals surface area contributed by atoms with Gasteiger partial charge in [-0.3, -0.25) is 0 Å². The highest BCUT2D eigenvalue weighted by Crippen LogP contribution is 2.27. The lowest BCUT2D eigenvalue weighted by Crippen LogP contribution is -2.35. The van der Waals surface area contributed by atoms with Crippen molar-refractivity contribution >= 4 is 44.0 Å². The summed E-state index contributed by atoms with van der Waals surface area (Å²) in [6, 6.07) is 25.8. The van der Waals surface area contributed by atoms with Gasteiger partial charge in [-0.05, 0) is 41.3 Å². The van der Waals surface area contributed by atoms with Crippen LogP contribution < -0.4 is 0 Å². The number of nitrogens with zero attached hydrogens (tertiary/aromatic N) is 2. The van der Waals surface area contributed by atoms with Crippen molar-refractivity contribution < 1.29 is 0 Å². The van der Waals surface area contributed by atoms with E-state index in [1.807, 2.05) is 0 Å². The SMILES string of the molecule is S=C(c1cn(Cc2ccc(Br)cc2)c2ccccc12)N1CCc2ccccc2C1. The van der Waals surface area contributed by atoms with Gasteiger partial charge in [0.1, 0.15) is 4.99 Å². The van der Waals surface area contributed by atoms with E-state index in [2.05, 4.69) is 104 Å². The zero-order chi connectivity index (χ0) is 19.8. The molecule has 0 unspecified atom stereocenters. The number of hydrogen-bond donors (Lipinski definition) is 0. The monoisotopic (exact) mass is 460 g/mol. The maximum atomic E-state index is 6.00. The molecule has 0 amide bonds. The number of benzene rings is 3. The second-order valence-corrected chi connectivity index (χ2v) is 8.86. The average molecular weight is 461 g/mol. The average Bonchev–Trinajstić information content (AvgIpc) is 3.13. The molecule has 144 valence electrons. The van der Waals surface area contributed by atoms with Gasteiger partial charge >= 0.3 is 0 Å². The van der Waals surface area contributed by atoms with Crippen molar-refractivity contribution in [1.82, 2.24) is 9.47 Å². The maximum Gasteiger partial charge on any atom is 0.111 e. The topological polar surface area (TPSA) is 8.17 Å². The molecule has 0 atom stereocenters. The van der Waals surface area contributed by atoms with E-state index < -0.39 is 0 Å². The van der Waals surface area contributed by atoms with Crippen molar-refractivity contribution in [3.05, 3.63) is 106 Å². The van der Waals surface area contributed by atoms with Crippen molar-refractivity contribution in [2.45, 2.75) is 19.5 Å². The van der Waals surface area contributed by atoms with Crippen LogP contribution in [0, 0.1) is 0 Å². The highest BCUT2D eigenvalue weighted by Gasteiger charge is 2.21. The fraction of sp³-hybridized carbons (Fsp3) is 0.160. The molecule has 2 nitrogen and oxygen atoms in total. The first-order valence-electron chi connectivity index (χ1n) is 9.87. The molecule has 0 saturated heterocycles. The van der Waals surface area contributed by atoms with Gasteiger partial charge in [-0.25, -0.2) is 0 Å². The Morgan fingerprint density at radius 1 is 0.897 bits per heavy atom. The van der Waals surface area contributed by atoms with E-state index in [9.17, 15) is 0 Å². The summed E-state index contributed by atoms with van der Waals surface area (Å²) in [4.78, 5) is 3.30. The number of aromatic nitrogens is 1. The molecule has 4 aromatic rings. The Morgan fingerprint density at radius 2 is 1.62 bits per heavy atom. The fourth-order valence-electron chi connectivity index (χ4n) is 4.17. The number of fused-ring (bicyclic) bond motifs is 2. The third-order valence-electron chi connectivity index (χ3n) is 5.70. The van der Waals surface area contributed by atoms with E-state index in [1.165, 1.54) is 27.6 Å². The van der Waals surface area contributed by atoms with Crippen LogP contribution in [0.5, 0.6) is 0 Å². The standard InChI is InChI=1S/C25H21BrN2S/c26-21-11-9-18(10-12-21)15-28-17-23(22-7-3-4-8-24(22)28)25(29)27-14-13-19-5-1-2-6-20(19)16-27/h1-12,17H,13-16H2. The smallest absolute Gasteiger partial charge is 0.111 e. The quantitative estimate of drug-likeness (QED) is 0.337. The van der Waals surface area contributed by atoms with E-state index in [0.29, 0.717) is 0 Å². The zero-order valence-corrected chi connectivity index (χ0v) is 18.4. The number of hydrogen-bond acceptors (Lipinski definition) is 1. The molecule has 4 heteroatoms. The highest BCUT2D eigenvalue weighted by molar-refractivity contribution is 9.10. The van der Waals surface area contributed by atoms with E-state index in [1.54, 1.807) is 0 Å². The summed E-state index contributed by atoms with van der Waals surface area (Å²) < 4.78 is 3.42. The molecule has 5 rings (SSSR count). The van der Waals surface area contributed by atoms with Gasteiger partial charge in [0.25, 0.3) is 0 Å². The maximum absolute atomic E-state index is 6.00. The largest absolute Gasteiger partial charge is 0.358 e. The molecule has 2 heterocycles. The van der Waals surface area contributed by atoms with Crippen molar-refractivity contribution in [2.24, 2.45) is 0 Å². The Labute approximate surface area is 184 Å². The zero-order valence-electron chi connectivity index (χ0n) is 16.0. The molecule has 0 fully saturated rings. The van der Waals surface area contributed by atoms with Gasteiger partial charge in [-0.15, -0.1) is 0 Å². The van der Waals surface area contributed by atoms with Gasteiger partial charge in [0.15, 0.2) is 0 Å². The Morgan fingerprint density at radius 3 is 2.45 bits per heavy atom. The second kappa shape index (κ2) is 7.77. The molecular weight excluding hydrogens is 440 g/mol. The van der Waals surface area contributed by atoms with Crippen LogP contribution in [0.3, 0.4) is 0 Å². The van der Waals surface area contributed by atoms with E-state index >= 15 is 0 Å². The lowest BCUT2D eigenvalue weighted by molar-refractivity contribution is 0.401. The summed E-state index contributed by atoms with van der Waals surface area (Å²) in [5.74, 6) is 0. The van der Waals surface area contributed by atoms with Gasteiger partial charge in [-0.1, -0.05) is 82.7 Å². The predicted octanol–water partition coefficient (Wildman–Crippen LogP) is 6.19. The van der Waals surface area contributed by atoms with Crippen molar-refractivity contribution in [3.63, 3.8) is 0 Å². The van der Waals surface area contributed by atoms with Gasteiger partial charge in [-0.2, -0.15) is 0 Å². The van der Waals surface area contributed by atoms with Crippen molar-refractivity contribution in [2.75, 3.05) is 6.54 Å². The lowest BCUT2D eigenvalue weighted by atomic mass is 9.99. The summed E-state index contributed by atoms with van der Waals surface area (Å²) in [5, 5.41) is 1.23. The summed E-state index contributed by atoms with van der Waals surface area (Å²) in [6.45, 7) is 2.70. The minimum Gasteiger partial charge on any atom is -0.358 e. The van der Waals surface area contributed by atoms with Gasteiger partial charge in [0.2, 0.25) is 0 Å². The first-order chi connectivity index (χ1) is 14.2. The van der Waals surface area contributed by atoms with Crippen LogP contribution in [0.15, 0.2) is 83.5 Å². The Kier molecular flexibility index (Phi) is 4.98. The summed E-state index contributed by atoms with van der Waals surface area (Å²) in [6.07, 6.45) is 3.28. The first-order valence-corrected chi connectivity index (χ1v) is 11.1. The van der Waals surface area contributed by atoms with Crippen molar-refractivity contribution in [1.29, 1.82) is 0 Å². The molecule has 0 N–H and O–H groups in total. The third-order valence-corrected chi connectivity index (χ3v) is 6.71. The Balaban J connectivity index is 1.49. The number of thiocarbonyl (C=S) groups is 1. The van der Waals surface area contributed by atoms with E-state index in [0.717, 1.165) is 41.1 Å². The fourth-order valence-corrected chi connectivity index (χ4v) is 4.76. The van der Waals surface area contributed by atoms with Gasteiger partial charge in [0.05, 0.1) is 0 Å². The molecule has 0 radical (unpaired) electrons. The Bertz CT molecular complexity index is 1190. The molecule has 1 aliphatic heterocycles. The van der Waals surface area contributed by atoms with Crippen LogP contribution in [-0.2, 0) is 19.5 Å². The van der Waals surface area contributed by atoms with Crippen LogP contribution in [0.1, 0.15) is 22.3 Å². The third kappa shape index (κ3) is 3.63. The normalized spacial score (nSPS) is 13.5. The van der Waals surface area contributed by atoms with Gasteiger partial charge < -0.3 is 9.47 Å². The molecule has 0 spiro atoms. The lowest BCUT2D eigenvalue weighted by Gasteiger charge is -2.30. The molecular formula is C25H21BrN2S. The second-order valence-electron chi connectivity index (χ2n) is 7.56. The van der Waals surface area contributed by atoms with Crippen LogP contribution in [0.25, 0.3) is 10.9 Å². The molecule has 0 bridgehead atoms. The summed E-state index contributed by atoms with van der Waals surface area (Å²) >= 11 is 9.52. The molecule has 3 aromatic carbocycles. The van der Waals surface area contributed by atoms with Crippen LogP contribution in [0.2, 0.25) is 0 Å². The molecule has 1 aliphatic rings. The molecule has 29 heavy (non-hydrogen) atoms. The van der Waals surface area contributed by atoms with Crippen LogP contribution >= 0.6 is 28.1 Å².